The second-order valence-corrected chi connectivity index (χ2v) is 4.84. The maximum atomic E-state index is 10.8. The van der Waals surface area contributed by atoms with Crippen molar-refractivity contribution < 1.29 is 8.42 Å². The van der Waals surface area contributed by atoms with Crippen molar-refractivity contribution in [2.75, 3.05) is 13.6 Å². The lowest BCUT2D eigenvalue weighted by Gasteiger charge is -2.06. The molecule has 0 saturated heterocycles. The highest BCUT2D eigenvalue weighted by atomic mass is 32.2. The van der Waals surface area contributed by atoms with Gasteiger partial charge in [-0.2, -0.15) is 8.42 Å². The highest BCUT2D eigenvalue weighted by Crippen LogP contribution is 2.01. The van der Waals surface area contributed by atoms with Gasteiger partial charge in [0, 0.05) is 13.6 Å². The van der Waals surface area contributed by atoms with Crippen LogP contribution in [-0.2, 0) is 10.2 Å². The van der Waals surface area contributed by atoms with Crippen LogP contribution in [0.2, 0.25) is 0 Å². The standard InChI is InChI=1S/C7H18N2O2S/c1-7(2)5-4-6-9-12(10,11)8-3/h7-9H,4-6H2,1-3H3. The number of rotatable bonds is 6. The lowest BCUT2D eigenvalue weighted by Crippen LogP contribution is -2.34. The molecule has 0 heterocycles. The van der Waals surface area contributed by atoms with Crippen LogP contribution >= 0.6 is 0 Å². The zero-order valence-corrected chi connectivity index (χ0v) is 8.74. The predicted octanol–water partition coefficient (Wildman–Crippen LogP) is 0.476. The minimum Gasteiger partial charge on any atom is -0.205 e. The molecule has 0 rings (SSSR count). The first-order valence-electron chi connectivity index (χ1n) is 4.16. The molecule has 2 N–H and O–H groups in total. The molecule has 12 heavy (non-hydrogen) atoms. The summed E-state index contributed by atoms with van der Waals surface area (Å²) in [5.41, 5.74) is 0. The minimum absolute atomic E-state index is 0.515. The second-order valence-electron chi connectivity index (χ2n) is 3.14. The van der Waals surface area contributed by atoms with E-state index in [4.69, 9.17) is 0 Å². The first kappa shape index (κ1) is 11.9. The van der Waals surface area contributed by atoms with E-state index in [0.717, 1.165) is 12.8 Å². The Morgan fingerprint density at radius 1 is 1.33 bits per heavy atom. The van der Waals surface area contributed by atoms with Gasteiger partial charge in [0.15, 0.2) is 0 Å². The Balaban J connectivity index is 3.45. The van der Waals surface area contributed by atoms with E-state index in [1.54, 1.807) is 0 Å². The third-order valence-electron chi connectivity index (χ3n) is 1.52. The van der Waals surface area contributed by atoms with Crippen molar-refractivity contribution in [2.24, 2.45) is 5.92 Å². The van der Waals surface area contributed by atoms with Crippen molar-refractivity contribution in [3.05, 3.63) is 0 Å². The Labute approximate surface area is 74.9 Å². The van der Waals surface area contributed by atoms with E-state index in [9.17, 15) is 8.42 Å². The molecule has 0 aliphatic rings. The van der Waals surface area contributed by atoms with Gasteiger partial charge >= 0.3 is 0 Å². The highest BCUT2D eigenvalue weighted by molar-refractivity contribution is 7.87. The molecule has 0 amide bonds. The van der Waals surface area contributed by atoms with Crippen LogP contribution in [0.4, 0.5) is 0 Å². The van der Waals surface area contributed by atoms with Crippen molar-refractivity contribution in [1.82, 2.24) is 9.44 Å². The molecule has 0 aromatic carbocycles. The normalized spacial score (nSPS) is 12.3. The van der Waals surface area contributed by atoms with Crippen LogP contribution in [0.25, 0.3) is 0 Å². The van der Waals surface area contributed by atoms with Gasteiger partial charge in [0.05, 0.1) is 0 Å². The van der Waals surface area contributed by atoms with E-state index in [-0.39, 0.29) is 0 Å². The van der Waals surface area contributed by atoms with Crippen LogP contribution in [0.15, 0.2) is 0 Å². The summed E-state index contributed by atoms with van der Waals surface area (Å²) in [4.78, 5) is 0. The lowest BCUT2D eigenvalue weighted by molar-refractivity contribution is 0.537. The van der Waals surface area contributed by atoms with Crippen LogP contribution in [0.3, 0.4) is 0 Å². The Hall–Kier alpha value is -0.130. The molecular formula is C7H18N2O2S. The highest BCUT2D eigenvalue weighted by Gasteiger charge is 2.03. The molecule has 0 atom stereocenters. The summed E-state index contributed by atoms with van der Waals surface area (Å²) in [6, 6.07) is 0. The van der Waals surface area contributed by atoms with Gasteiger partial charge in [0.2, 0.25) is 0 Å². The minimum atomic E-state index is -3.22. The molecule has 0 fully saturated rings. The molecule has 0 spiro atoms. The molecule has 0 aliphatic heterocycles. The van der Waals surface area contributed by atoms with Gasteiger partial charge in [0.1, 0.15) is 0 Å². The first-order chi connectivity index (χ1) is 5.48. The molecule has 0 bridgehead atoms. The molecule has 4 nitrogen and oxygen atoms in total. The summed E-state index contributed by atoms with van der Waals surface area (Å²) in [6.07, 6.45) is 1.94. The SMILES string of the molecule is CNS(=O)(=O)NCCCC(C)C. The van der Waals surface area contributed by atoms with Crippen LogP contribution in [0.1, 0.15) is 26.7 Å². The van der Waals surface area contributed by atoms with Crippen molar-refractivity contribution in [3.63, 3.8) is 0 Å². The summed E-state index contributed by atoms with van der Waals surface area (Å²) < 4.78 is 26.3. The Kier molecular flexibility index (Phi) is 5.44. The third-order valence-corrected chi connectivity index (χ3v) is 2.64. The Morgan fingerprint density at radius 3 is 2.33 bits per heavy atom. The number of hydrogen-bond acceptors (Lipinski definition) is 2. The molecule has 0 aromatic heterocycles. The van der Waals surface area contributed by atoms with Gasteiger partial charge < -0.3 is 0 Å². The Morgan fingerprint density at radius 2 is 1.92 bits per heavy atom. The van der Waals surface area contributed by atoms with E-state index in [1.165, 1.54) is 7.05 Å². The van der Waals surface area contributed by atoms with E-state index < -0.39 is 10.2 Å². The third kappa shape index (κ3) is 6.57. The molecule has 0 unspecified atom stereocenters. The summed E-state index contributed by atoms with van der Waals surface area (Å²) in [5, 5.41) is 0. The van der Waals surface area contributed by atoms with Crippen molar-refractivity contribution in [3.8, 4) is 0 Å². The van der Waals surface area contributed by atoms with Crippen molar-refractivity contribution in [1.29, 1.82) is 0 Å². The van der Waals surface area contributed by atoms with Crippen LogP contribution in [0, 0.1) is 5.92 Å². The van der Waals surface area contributed by atoms with Crippen LogP contribution in [-0.4, -0.2) is 22.0 Å². The van der Waals surface area contributed by atoms with E-state index in [2.05, 4.69) is 23.3 Å². The predicted molar refractivity (Wildman–Crippen MR) is 50.1 cm³/mol. The van der Waals surface area contributed by atoms with Gasteiger partial charge in [-0.05, 0) is 18.8 Å². The van der Waals surface area contributed by atoms with Gasteiger partial charge in [-0.15, -0.1) is 0 Å². The molecule has 74 valence electrons. The summed E-state index contributed by atoms with van der Waals surface area (Å²) in [6.45, 7) is 4.75. The molecule has 0 aliphatic carbocycles. The van der Waals surface area contributed by atoms with Crippen molar-refractivity contribution >= 4 is 10.2 Å². The van der Waals surface area contributed by atoms with Crippen molar-refractivity contribution in [2.45, 2.75) is 26.7 Å². The smallest absolute Gasteiger partial charge is 0.205 e. The fraction of sp³-hybridized carbons (Fsp3) is 1.00. The fourth-order valence-corrected chi connectivity index (χ4v) is 1.35. The average Bonchev–Trinajstić information content (AvgIpc) is 1.98. The summed E-state index contributed by atoms with van der Waals surface area (Å²) in [5.74, 6) is 0.629. The molecular weight excluding hydrogens is 176 g/mol. The fourth-order valence-electron chi connectivity index (χ4n) is 0.789. The molecule has 0 aromatic rings. The topological polar surface area (TPSA) is 58.2 Å². The zero-order valence-electron chi connectivity index (χ0n) is 7.92. The van der Waals surface area contributed by atoms with Crippen LogP contribution in [0.5, 0.6) is 0 Å². The molecule has 5 heteroatoms. The monoisotopic (exact) mass is 194 g/mol. The lowest BCUT2D eigenvalue weighted by atomic mass is 10.1. The summed E-state index contributed by atoms with van der Waals surface area (Å²) >= 11 is 0. The number of nitrogens with one attached hydrogen (secondary N) is 2. The average molecular weight is 194 g/mol. The maximum absolute atomic E-state index is 10.8. The van der Waals surface area contributed by atoms with Crippen LogP contribution < -0.4 is 9.44 Å². The summed E-state index contributed by atoms with van der Waals surface area (Å²) in [7, 11) is -1.82. The van der Waals surface area contributed by atoms with Gasteiger partial charge in [0.25, 0.3) is 10.2 Å². The zero-order chi connectivity index (χ0) is 9.61. The van der Waals surface area contributed by atoms with E-state index in [0.29, 0.717) is 12.5 Å². The maximum Gasteiger partial charge on any atom is 0.276 e. The molecule has 0 saturated carbocycles. The van der Waals surface area contributed by atoms with Gasteiger partial charge in [-0.25, -0.2) is 9.44 Å². The Bertz CT molecular complexity index is 199. The second kappa shape index (κ2) is 5.50. The van der Waals surface area contributed by atoms with Gasteiger partial charge in [-0.1, -0.05) is 13.8 Å². The largest absolute Gasteiger partial charge is 0.276 e. The van der Waals surface area contributed by atoms with Gasteiger partial charge in [-0.3, -0.25) is 0 Å². The van der Waals surface area contributed by atoms with E-state index >= 15 is 0 Å². The number of hydrogen-bond donors (Lipinski definition) is 2. The van der Waals surface area contributed by atoms with E-state index in [1.807, 2.05) is 0 Å². The first-order valence-corrected chi connectivity index (χ1v) is 5.64. The molecule has 0 radical (unpaired) electrons. The quantitative estimate of drug-likeness (QED) is 0.604.